The minimum absolute atomic E-state index is 0.0763. The smallest absolute Gasteiger partial charge is 0.246 e. The van der Waals surface area contributed by atoms with E-state index in [0.29, 0.717) is 13.1 Å². The van der Waals surface area contributed by atoms with E-state index in [4.69, 9.17) is 5.73 Å². The first-order valence-corrected chi connectivity index (χ1v) is 16.1. The summed E-state index contributed by atoms with van der Waals surface area (Å²) < 4.78 is -4.85. The lowest BCUT2D eigenvalue weighted by Crippen LogP contribution is -2.73. The molecule has 0 atom stereocenters. The monoisotopic (exact) mass is 794 g/mol. The molecule has 0 aromatic rings. The Morgan fingerprint density at radius 3 is 1.26 bits per heavy atom. The van der Waals surface area contributed by atoms with Crippen LogP contribution in [0.1, 0.15) is 81.1 Å². The van der Waals surface area contributed by atoms with Crippen molar-refractivity contribution >= 4 is 87.1 Å². The summed E-state index contributed by atoms with van der Waals surface area (Å²) in [4.78, 5) is 57.2. The number of imide groups is 1. The van der Waals surface area contributed by atoms with Crippen LogP contribution in [-0.4, -0.2) is 83.8 Å². The van der Waals surface area contributed by atoms with Gasteiger partial charge in [0.05, 0.1) is 17.3 Å². The van der Waals surface area contributed by atoms with Gasteiger partial charge in [0, 0.05) is 0 Å². The van der Waals surface area contributed by atoms with Crippen LogP contribution in [0.15, 0.2) is 0 Å². The van der Waals surface area contributed by atoms with Gasteiger partial charge in [0.25, 0.3) is 0 Å². The normalized spacial score (nSPS) is 13.4. The van der Waals surface area contributed by atoms with Crippen molar-refractivity contribution in [1.82, 2.24) is 15.5 Å². The standard InChI is InChI=1S/C26H46Br4N4O4/c1-22(2,27)18(35)26(19(36)23(3,4)28,12-17-33-15-10-9-14-32-16-11-13-31)34(20(37)24(5,6)29)21(38)25(7,8)30/h32-33H,9-17,31H2,1-8H3. The Morgan fingerprint density at radius 1 is 0.605 bits per heavy atom. The predicted octanol–water partition coefficient (Wildman–Crippen LogP) is 4.61. The van der Waals surface area contributed by atoms with Gasteiger partial charge in [0.1, 0.15) is 0 Å². The van der Waals surface area contributed by atoms with Crippen molar-refractivity contribution < 1.29 is 19.2 Å². The van der Waals surface area contributed by atoms with Gasteiger partial charge < -0.3 is 16.4 Å². The molecule has 12 heteroatoms. The molecule has 0 heterocycles. The molecule has 0 aromatic heterocycles. The van der Waals surface area contributed by atoms with Crippen molar-refractivity contribution in [3.05, 3.63) is 0 Å². The second-order valence-electron chi connectivity index (χ2n) is 11.5. The SMILES string of the molecule is CC(C)(Br)C(=O)N(C(=O)C(C)(C)Br)C(CCNCCCCNCCCN)(C(=O)C(C)(C)Br)C(=O)C(C)(C)Br. The lowest BCUT2D eigenvalue weighted by Gasteiger charge is -2.47. The first-order chi connectivity index (χ1) is 17.1. The fourth-order valence-corrected chi connectivity index (χ4v) is 4.86. The fraction of sp³-hybridized carbons (Fsp3) is 0.846. The molecular weight excluding hydrogens is 752 g/mol. The van der Waals surface area contributed by atoms with Crippen molar-refractivity contribution in [3.8, 4) is 0 Å². The van der Waals surface area contributed by atoms with Crippen molar-refractivity contribution in [1.29, 1.82) is 0 Å². The van der Waals surface area contributed by atoms with Crippen LogP contribution < -0.4 is 16.4 Å². The Bertz CT molecular complexity index is 773. The molecule has 0 unspecified atom stereocenters. The number of Topliss-reactive ketones (excluding diaryl/α,β-unsaturated/α-hetero) is 2. The second-order valence-corrected chi connectivity index (χ2v) is 19.4. The molecule has 0 rings (SSSR count). The number of carbonyl (C=O) groups is 4. The first-order valence-electron chi connectivity index (χ1n) is 12.9. The minimum Gasteiger partial charge on any atom is -0.330 e. The molecule has 0 aromatic carbocycles. The van der Waals surface area contributed by atoms with Gasteiger partial charge in [-0.3, -0.25) is 24.1 Å². The predicted molar refractivity (Wildman–Crippen MR) is 170 cm³/mol. The summed E-state index contributed by atoms with van der Waals surface area (Å²) in [5.74, 6) is -2.48. The molecule has 0 saturated carbocycles. The highest BCUT2D eigenvalue weighted by atomic mass is 79.9. The highest BCUT2D eigenvalue weighted by Gasteiger charge is 2.62. The maximum Gasteiger partial charge on any atom is 0.246 e. The topological polar surface area (TPSA) is 122 Å². The van der Waals surface area contributed by atoms with Gasteiger partial charge in [-0.15, -0.1) is 0 Å². The van der Waals surface area contributed by atoms with E-state index in [2.05, 4.69) is 74.4 Å². The zero-order valence-corrected chi connectivity index (χ0v) is 30.4. The molecule has 2 amide bonds. The summed E-state index contributed by atoms with van der Waals surface area (Å²) in [5, 5.41) is 6.64. The fourth-order valence-electron chi connectivity index (χ4n) is 3.85. The summed E-state index contributed by atoms with van der Waals surface area (Å²) in [6.07, 6.45) is 2.68. The van der Waals surface area contributed by atoms with Gasteiger partial charge in [0.15, 0.2) is 17.1 Å². The molecule has 0 spiro atoms. The molecule has 8 nitrogen and oxygen atoms in total. The summed E-state index contributed by atoms with van der Waals surface area (Å²) in [5.41, 5.74) is 3.42. The van der Waals surface area contributed by atoms with Crippen LogP contribution >= 0.6 is 63.7 Å². The Hall–Kier alpha value is 0.280. The molecule has 222 valence electrons. The van der Waals surface area contributed by atoms with E-state index in [9.17, 15) is 19.2 Å². The van der Waals surface area contributed by atoms with Crippen molar-refractivity contribution in [2.75, 3.05) is 32.7 Å². The number of nitrogens with zero attached hydrogens (tertiary/aromatic N) is 1. The van der Waals surface area contributed by atoms with Crippen molar-refractivity contribution in [2.45, 2.75) is 104 Å². The molecule has 0 aliphatic rings. The van der Waals surface area contributed by atoms with Crippen molar-refractivity contribution in [3.63, 3.8) is 0 Å². The van der Waals surface area contributed by atoms with E-state index in [1.165, 1.54) is 0 Å². The molecule has 0 bridgehead atoms. The molecule has 0 saturated heterocycles. The number of hydrogen-bond donors (Lipinski definition) is 3. The lowest BCUT2D eigenvalue weighted by molar-refractivity contribution is -0.166. The number of nitrogens with two attached hydrogens (primary N) is 1. The molecule has 4 N–H and O–H groups in total. The van der Waals surface area contributed by atoms with E-state index >= 15 is 0 Å². The molecule has 0 aliphatic carbocycles. The highest BCUT2D eigenvalue weighted by molar-refractivity contribution is 9.10. The largest absolute Gasteiger partial charge is 0.330 e. The van der Waals surface area contributed by atoms with Gasteiger partial charge in [-0.05, 0) is 114 Å². The maximum atomic E-state index is 14.3. The highest BCUT2D eigenvalue weighted by Crippen LogP contribution is 2.41. The number of hydrogen-bond acceptors (Lipinski definition) is 7. The van der Waals surface area contributed by atoms with Crippen LogP contribution in [0.4, 0.5) is 0 Å². The van der Waals surface area contributed by atoms with Crippen LogP contribution in [0.25, 0.3) is 0 Å². The number of amides is 2. The van der Waals surface area contributed by atoms with Crippen LogP contribution in [-0.2, 0) is 19.2 Å². The average Bonchev–Trinajstić information content (AvgIpc) is 2.75. The van der Waals surface area contributed by atoms with Crippen LogP contribution in [0, 0.1) is 0 Å². The average molecular weight is 798 g/mol. The van der Waals surface area contributed by atoms with Gasteiger partial charge in [-0.1, -0.05) is 63.7 Å². The molecular formula is C26H46Br4N4O4. The third-order valence-corrected chi connectivity index (χ3v) is 7.21. The minimum atomic E-state index is -2.08. The molecule has 38 heavy (non-hydrogen) atoms. The number of rotatable bonds is 18. The lowest BCUT2D eigenvalue weighted by atomic mass is 9.74. The summed E-state index contributed by atoms with van der Waals surface area (Å²) in [6, 6.07) is 0. The molecule has 0 fully saturated rings. The van der Waals surface area contributed by atoms with E-state index in [1.54, 1.807) is 55.4 Å². The number of ketones is 2. The number of alkyl halides is 4. The van der Waals surface area contributed by atoms with Gasteiger partial charge >= 0.3 is 0 Å². The zero-order valence-electron chi connectivity index (χ0n) is 24.0. The van der Waals surface area contributed by atoms with Crippen molar-refractivity contribution in [2.24, 2.45) is 5.73 Å². The quantitative estimate of drug-likeness (QED) is 0.105. The van der Waals surface area contributed by atoms with Gasteiger partial charge in [-0.25, -0.2) is 0 Å². The summed E-state index contributed by atoms with van der Waals surface area (Å²) in [7, 11) is 0. The Balaban J connectivity index is 6.53. The van der Waals surface area contributed by atoms with E-state index in [1.807, 2.05) is 0 Å². The maximum absolute atomic E-state index is 14.3. The third kappa shape index (κ3) is 11.3. The van der Waals surface area contributed by atoms with Crippen LogP contribution in [0.5, 0.6) is 0 Å². The van der Waals surface area contributed by atoms with Crippen LogP contribution in [0.3, 0.4) is 0 Å². The number of nitrogens with one attached hydrogen (secondary N) is 2. The third-order valence-electron chi connectivity index (χ3n) is 5.81. The van der Waals surface area contributed by atoms with Gasteiger partial charge in [0.2, 0.25) is 11.8 Å². The van der Waals surface area contributed by atoms with E-state index in [-0.39, 0.29) is 13.0 Å². The van der Waals surface area contributed by atoms with Gasteiger partial charge in [-0.2, -0.15) is 0 Å². The number of unbranched alkanes of at least 4 members (excludes halogenated alkanes) is 1. The summed E-state index contributed by atoms with van der Waals surface area (Å²) in [6.45, 7) is 16.2. The summed E-state index contributed by atoms with van der Waals surface area (Å²) >= 11 is 13.6. The number of carbonyl (C=O) groups excluding carboxylic acids is 4. The zero-order chi connectivity index (χ0) is 30.2. The Labute approximate surface area is 262 Å². The second kappa shape index (κ2) is 15.5. The Kier molecular flexibility index (Phi) is 15.6. The van der Waals surface area contributed by atoms with E-state index < -0.39 is 46.2 Å². The first kappa shape index (κ1) is 38.3. The van der Waals surface area contributed by atoms with Crippen LogP contribution in [0.2, 0.25) is 0 Å². The molecule has 0 radical (unpaired) electrons. The number of halogens is 4. The molecule has 0 aliphatic heterocycles. The Morgan fingerprint density at radius 2 is 0.947 bits per heavy atom. The van der Waals surface area contributed by atoms with E-state index in [0.717, 1.165) is 37.3 Å².